The number of piperidine rings is 2. The number of methoxy groups -OCH3 is 2. The number of rotatable bonds is 11. The topological polar surface area (TPSA) is 171 Å². The fraction of sp³-hybridized carbons (Fsp3) is 0.500. The standard InChI is InChI=1S/C44H49FN12O4/c1-58-37-12-39-48-16-35(56(39)54-41(37)22-5-6-22)33-9-24-19-61-21-29(24)44(52-33)53-34-15-47-31(11-30(34)45)26-10-27(26)42-38(59-2)13-40-49-17-36(57(40)55-42)32-8-23-18-60-20-28(23)43(51-32)50-25-4-3-7-46-14-25/h8-9,12-13,16-17,22,25-27,30-31,34,46-47H,3-7,10-11,14-15,18-21H2,1-2H3,(H,50,51)(H,52,53)/t25-,26?,27?,30-,31?,34-/m1/s1. The van der Waals surface area contributed by atoms with Gasteiger partial charge in [-0.05, 0) is 74.2 Å². The van der Waals surface area contributed by atoms with Crippen molar-refractivity contribution in [1.29, 1.82) is 0 Å². The van der Waals surface area contributed by atoms with E-state index in [0.717, 1.165) is 107 Å². The van der Waals surface area contributed by atoms with Crippen LogP contribution in [0.3, 0.4) is 0 Å². The van der Waals surface area contributed by atoms with E-state index >= 15 is 4.39 Å². The first-order valence-electron chi connectivity index (χ1n) is 21.7. The molecule has 0 aromatic carbocycles. The van der Waals surface area contributed by atoms with Crippen LogP contribution in [0.2, 0.25) is 0 Å². The van der Waals surface area contributed by atoms with Crippen molar-refractivity contribution < 1.29 is 23.3 Å². The Morgan fingerprint density at radius 1 is 0.754 bits per heavy atom. The number of hydrogen-bond acceptors (Lipinski definition) is 14. The lowest BCUT2D eigenvalue weighted by Gasteiger charge is -2.34. The van der Waals surface area contributed by atoms with Gasteiger partial charge in [0.1, 0.15) is 52.1 Å². The van der Waals surface area contributed by atoms with Gasteiger partial charge in [-0.3, -0.25) is 0 Å². The Labute approximate surface area is 351 Å². The summed E-state index contributed by atoms with van der Waals surface area (Å²) in [7, 11) is 3.34. The normalized spacial score (nSPS) is 25.8. The number of nitrogens with one attached hydrogen (secondary N) is 4. The summed E-state index contributed by atoms with van der Waals surface area (Å²) < 4.78 is 43.4. The van der Waals surface area contributed by atoms with Gasteiger partial charge in [0.25, 0.3) is 0 Å². The third-order valence-electron chi connectivity index (χ3n) is 13.5. The number of alkyl halides is 1. The molecule has 17 heteroatoms. The van der Waals surface area contributed by atoms with Crippen LogP contribution in [0, 0.1) is 5.92 Å². The Bertz CT molecular complexity index is 2680. The molecule has 4 fully saturated rings. The predicted molar refractivity (Wildman–Crippen MR) is 224 cm³/mol. The maximum atomic E-state index is 16.4. The molecule has 6 aromatic rings. The summed E-state index contributed by atoms with van der Waals surface area (Å²) >= 11 is 0. The molecule has 12 rings (SSSR count). The van der Waals surface area contributed by atoms with Crippen molar-refractivity contribution in [1.82, 2.24) is 49.8 Å². The first-order chi connectivity index (χ1) is 30.0. The second-order valence-electron chi connectivity index (χ2n) is 17.5. The van der Waals surface area contributed by atoms with Crippen LogP contribution < -0.4 is 30.7 Å². The minimum Gasteiger partial charge on any atom is -0.495 e. The number of anilines is 2. The van der Waals surface area contributed by atoms with Gasteiger partial charge in [0.05, 0.1) is 70.5 Å². The number of halogens is 1. The highest BCUT2D eigenvalue weighted by Crippen LogP contribution is 2.53. The fourth-order valence-electron chi connectivity index (χ4n) is 9.93. The van der Waals surface area contributed by atoms with Gasteiger partial charge in [-0.25, -0.2) is 33.4 Å². The van der Waals surface area contributed by atoms with Crippen molar-refractivity contribution in [2.75, 3.05) is 44.5 Å². The van der Waals surface area contributed by atoms with Crippen LogP contribution in [-0.4, -0.2) is 97.3 Å². The van der Waals surface area contributed by atoms with E-state index in [4.69, 9.17) is 44.1 Å². The van der Waals surface area contributed by atoms with E-state index in [1.54, 1.807) is 20.4 Å². The molecule has 2 saturated heterocycles. The van der Waals surface area contributed by atoms with Gasteiger partial charge in [0, 0.05) is 60.3 Å². The molecule has 0 amide bonds. The number of pyridine rings is 2. The molecule has 4 N–H and O–H groups in total. The average Bonchev–Trinajstić information content (AvgIpc) is 4.03. The van der Waals surface area contributed by atoms with Gasteiger partial charge in [0.15, 0.2) is 11.3 Å². The molecule has 6 atom stereocenters. The molecule has 6 aliphatic rings. The summed E-state index contributed by atoms with van der Waals surface area (Å²) in [4.78, 5) is 19.6. The van der Waals surface area contributed by atoms with E-state index in [2.05, 4.69) is 32.3 Å². The van der Waals surface area contributed by atoms with Crippen molar-refractivity contribution in [3.05, 3.63) is 70.3 Å². The number of nitrogens with zero attached hydrogens (tertiary/aromatic N) is 8. The molecule has 2 aliphatic carbocycles. The van der Waals surface area contributed by atoms with Crippen LogP contribution in [0.5, 0.6) is 11.5 Å². The summed E-state index contributed by atoms with van der Waals surface area (Å²) in [6, 6.07) is 7.86. The van der Waals surface area contributed by atoms with Crippen molar-refractivity contribution in [3.63, 3.8) is 0 Å². The Morgan fingerprint density at radius 3 is 2.00 bits per heavy atom. The van der Waals surface area contributed by atoms with Gasteiger partial charge < -0.3 is 40.2 Å². The molecule has 2 saturated carbocycles. The highest BCUT2D eigenvalue weighted by atomic mass is 19.1. The van der Waals surface area contributed by atoms with Crippen LogP contribution >= 0.6 is 0 Å². The van der Waals surface area contributed by atoms with Gasteiger partial charge in [0.2, 0.25) is 0 Å². The number of fused-ring (bicyclic) bond motifs is 4. The first-order valence-corrected chi connectivity index (χ1v) is 21.7. The molecular formula is C44H49FN12O4. The monoisotopic (exact) mass is 828 g/mol. The highest BCUT2D eigenvalue weighted by molar-refractivity contribution is 5.68. The highest BCUT2D eigenvalue weighted by Gasteiger charge is 2.49. The van der Waals surface area contributed by atoms with Crippen LogP contribution in [0.25, 0.3) is 34.1 Å². The average molecular weight is 829 g/mol. The quantitative estimate of drug-likeness (QED) is 0.133. The van der Waals surface area contributed by atoms with E-state index in [0.29, 0.717) is 79.9 Å². The van der Waals surface area contributed by atoms with Gasteiger partial charge in [-0.15, -0.1) is 0 Å². The predicted octanol–water partition coefficient (Wildman–Crippen LogP) is 5.30. The molecule has 4 aliphatic heterocycles. The number of ether oxygens (including phenoxy) is 4. The van der Waals surface area contributed by atoms with E-state index in [9.17, 15) is 0 Å². The summed E-state index contributed by atoms with van der Waals surface area (Å²) in [5.74, 6) is 3.68. The second-order valence-corrected chi connectivity index (χ2v) is 17.5. The van der Waals surface area contributed by atoms with E-state index in [-0.39, 0.29) is 17.9 Å². The Kier molecular flexibility index (Phi) is 9.08. The Balaban J connectivity index is 0.773. The van der Waals surface area contributed by atoms with Crippen molar-refractivity contribution in [2.45, 2.75) is 101 Å². The molecule has 0 radical (unpaired) electrons. The molecule has 0 bridgehead atoms. The van der Waals surface area contributed by atoms with Gasteiger partial charge >= 0.3 is 0 Å². The number of imidazole rings is 2. The molecule has 16 nitrogen and oxygen atoms in total. The summed E-state index contributed by atoms with van der Waals surface area (Å²) in [6.45, 7) is 4.40. The molecule has 6 aromatic heterocycles. The van der Waals surface area contributed by atoms with Crippen LogP contribution in [-0.2, 0) is 35.9 Å². The number of hydrogen-bond donors (Lipinski definition) is 4. The lowest BCUT2D eigenvalue weighted by molar-refractivity contribution is 0.134. The zero-order chi connectivity index (χ0) is 40.8. The summed E-state index contributed by atoms with van der Waals surface area (Å²) in [5, 5.41) is 24.5. The van der Waals surface area contributed by atoms with Gasteiger partial charge in [-0.2, -0.15) is 10.2 Å². The van der Waals surface area contributed by atoms with Gasteiger partial charge in [-0.1, -0.05) is 0 Å². The first kappa shape index (κ1) is 37.3. The lowest BCUT2D eigenvalue weighted by Crippen LogP contribution is -2.52. The van der Waals surface area contributed by atoms with Crippen LogP contribution in [0.1, 0.15) is 84.0 Å². The lowest BCUT2D eigenvalue weighted by atomic mass is 9.94. The molecule has 0 spiro atoms. The zero-order valence-corrected chi connectivity index (χ0v) is 34.3. The third kappa shape index (κ3) is 6.63. The second kappa shape index (κ2) is 14.9. The molecule has 3 unspecified atom stereocenters. The van der Waals surface area contributed by atoms with E-state index in [1.807, 2.05) is 33.4 Å². The van der Waals surface area contributed by atoms with Crippen LogP contribution in [0.15, 0.2) is 36.7 Å². The van der Waals surface area contributed by atoms with E-state index in [1.165, 1.54) is 0 Å². The third-order valence-corrected chi connectivity index (χ3v) is 13.5. The largest absolute Gasteiger partial charge is 0.495 e. The Hall–Kier alpha value is -5.49. The maximum absolute atomic E-state index is 16.4. The fourth-order valence-corrected chi connectivity index (χ4v) is 9.93. The minimum atomic E-state index is -1.10. The molecule has 61 heavy (non-hydrogen) atoms. The van der Waals surface area contributed by atoms with Crippen molar-refractivity contribution in [2.24, 2.45) is 5.92 Å². The summed E-state index contributed by atoms with van der Waals surface area (Å²) in [6.07, 6.45) is 8.20. The smallest absolute Gasteiger partial charge is 0.157 e. The van der Waals surface area contributed by atoms with Crippen LogP contribution in [0.4, 0.5) is 16.0 Å². The zero-order valence-electron chi connectivity index (χ0n) is 34.3. The van der Waals surface area contributed by atoms with E-state index < -0.39 is 12.2 Å². The van der Waals surface area contributed by atoms with Crippen molar-refractivity contribution in [3.8, 4) is 34.3 Å². The van der Waals surface area contributed by atoms with Crippen molar-refractivity contribution >= 4 is 22.9 Å². The molecule has 10 heterocycles. The minimum absolute atomic E-state index is 0.0148. The molecule has 316 valence electrons. The summed E-state index contributed by atoms with van der Waals surface area (Å²) in [5.41, 5.74) is 10.5. The maximum Gasteiger partial charge on any atom is 0.157 e. The Morgan fingerprint density at radius 2 is 1.39 bits per heavy atom. The molecular weight excluding hydrogens is 780 g/mol. The number of aromatic nitrogens is 8. The SMILES string of the molecule is COc1cc2ncc(-c3cc4c(c(N[C@@H]5CNC(C6CC6c6nn7c(-c8cc9c(c(N[C@@H]%10CCCNC%10)n8)COC9)cnc7cc6OC)C[C@H]5F)n3)COC4)n2nc1C1CC1.